The van der Waals surface area contributed by atoms with E-state index in [2.05, 4.69) is 10.3 Å². The van der Waals surface area contributed by atoms with E-state index < -0.39 is 0 Å². The molecule has 1 N–H and O–H groups in total. The minimum absolute atomic E-state index is 0.0356. The van der Waals surface area contributed by atoms with Gasteiger partial charge in [0.05, 0.1) is 11.6 Å². The summed E-state index contributed by atoms with van der Waals surface area (Å²) >= 11 is 1.47. The van der Waals surface area contributed by atoms with Crippen LogP contribution in [0.4, 0.5) is 5.69 Å². The molecule has 0 saturated heterocycles. The molecule has 0 fully saturated rings. The Morgan fingerprint density at radius 2 is 1.90 bits per heavy atom. The fourth-order valence-corrected chi connectivity index (χ4v) is 4.26. The number of hydrogen-bond acceptors (Lipinski definition) is 5. The number of anilines is 1. The van der Waals surface area contributed by atoms with Crippen LogP contribution in [0.15, 0.2) is 71.7 Å². The number of amides is 1. The van der Waals surface area contributed by atoms with Crippen LogP contribution < -0.4 is 15.6 Å². The van der Waals surface area contributed by atoms with Crippen molar-refractivity contribution in [3.8, 4) is 5.75 Å². The Morgan fingerprint density at radius 3 is 2.61 bits per heavy atom. The molecule has 0 aliphatic rings. The van der Waals surface area contributed by atoms with Gasteiger partial charge in [-0.2, -0.15) is 0 Å². The van der Waals surface area contributed by atoms with Crippen LogP contribution in [-0.2, 0) is 11.4 Å². The highest BCUT2D eigenvalue weighted by Gasteiger charge is 2.18. The van der Waals surface area contributed by atoms with Gasteiger partial charge in [-0.15, -0.1) is 11.3 Å². The Labute approximate surface area is 184 Å². The SMILES string of the molecule is CCC(C(=O)Nc1ccc(OCc2cc(=O)n3cc(C)sc3n2)cc1)c1ccccc1. The maximum atomic E-state index is 12.7. The second-order valence-electron chi connectivity index (χ2n) is 7.25. The van der Waals surface area contributed by atoms with Crippen molar-refractivity contribution in [3.05, 3.63) is 93.3 Å². The van der Waals surface area contributed by atoms with Crippen LogP contribution in [0.2, 0.25) is 0 Å². The van der Waals surface area contributed by atoms with Gasteiger partial charge in [0.25, 0.3) is 5.56 Å². The van der Waals surface area contributed by atoms with Crippen LogP contribution in [-0.4, -0.2) is 15.3 Å². The first-order valence-corrected chi connectivity index (χ1v) is 10.9. The summed E-state index contributed by atoms with van der Waals surface area (Å²) in [6.07, 6.45) is 2.51. The third-order valence-electron chi connectivity index (χ3n) is 4.97. The number of hydrogen-bond donors (Lipinski definition) is 1. The van der Waals surface area contributed by atoms with Crippen LogP contribution in [0.5, 0.6) is 5.75 Å². The zero-order valence-electron chi connectivity index (χ0n) is 17.4. The lowest BCUT2D eigenvalue weighted by atomic mass is 9.95. The molecule has 1 unspecified atom stereocenters. The molecular formula is C24H23N3O3S. The highest BCUT2D eigenvalue weighted by Crippen LogP contribution is 2.23. The van der Waals surface area contributed by atoms with E-state index >= 15 is 0 Å². The summed E-state index contributed by atoms with van der Waals surface area (Å²) < 4.78 is 7.32. The first kappa shape index (κ1) is 20.8. The highest BCUT2D eigenvalue weighted by atomic mass is 32.1. The summed E-state index contributed by atoms with van der Waals surface area (Å²) in [5.41, 5.74) is 2.18. The van der Waals surface area contributed by atoms with E-state index in [4.69, 9.17) is 4.74 Å². The van der Waals surface area contributed by atoms with Crippen molar-refractivity contribution in [2.75, 3.05) is 5.32 Å². The summed E-state index contributed by atoms with van der Waals surface area (Å²) in [6.45, 7) is 4.14. The van der Waals surface area contributed by atoms with Gasteiger partial charge in [-0.1, -0.05) is 37.3 Å². The lowest BCUT2D eigenvalue weighted by molar-refractivity contribution is -0.117. The van der Waals surface area contributed by atoms with Gasteiger partial charge in [0, 0.05) is 22.8 Å². The molecule has 0 saturated carbocycles. The van der Waals surface area contributed by atoms with Crippen molar-refractivity contribution < 1.29 is 9.53 Å². The first-order chi connectivity index (χ1) is 15.0. The molecule has 1 atom stereocenters. The number of aromatic nitrogens is 2. The van der Waals surface area contributed by atoms with Gasteiger partial charge >= 0.3 is 0 Å². The topological polar surface area (TPSA) is 72.7 Å². The van der Waals surface area contributed by atoms with Gasteiger partial charge in [0.15, 0.2) is 4.96 Å². The van der Waals surface area contributed by atoms with Crippen LogP contribution >= 0.6 is 11.3 Å². The number of carbonyl (C=O) groups is 1. The van der Waals surface area contributed by atoms with Crippen LogP contribution in [0.3, 0.4) is 0 Å². The molecule has 0 bridgehead atoms. The normalized spacial score (nSPS) is 11.9. The fraction of sp³-hybridized carbons (Fsp3) is 0.208. The molecule has 6 nitrogen and oxygen atoms in total. The number of fused-ring (bicyclic) bond motifs is 1. The van der Waals surface area contributed by atoms with Gasteiger partial charge < -0.3 is 10.1 Å². The molecule has 0 spiro atoms. The zero-order chi connectivity index (χ0) is 21.8. The molecule has 2 aromatic carbocycles. The van der Waals surface area contributed by atoms with Crippen molar-refractivity contribution in [3.63, 3.8) is 0 Å². The van der Waals surface area contributed by atoms with E-state index in [0.29, 0.717) is 22.1 Å². The predicted octanol–water partition coefficient (Wildman–Crippen LogP) is 4.78. The Morgan fingerprint density at radius 1 is 1.16 bits per heavy atom. The number of rotatable bonds is 7. The minimum atomic E-state index is -0.196. The third-order valence-corrected chi connectivity index (χ3v) is 5.87. The van der Waals surface area contributed by atoms with Gasteiger partial charge in [-0.05, 0) is 43.2 Å². The molecule has 0 aliphatic carbocycles. The largest absolute Gasteiger partial charge is 0.487 e. The van der Waals surface area contributed by atoms with E-state index in [1.165, 1.54) is 17.4 Å². The van der Waals surface area contributed by atoms with Crippen LogP contribution in [0.1, 0.15) is 35.4 Å². The predicted molar refractivity (Wildman–Crippen MR) is 123 cm³/mol. The molecule has 2 aromatic heterocycles. The number of benzene rings is 2. The second kappa shape index (κ2) is 9.14. The van der Waals surface area contributed by atoms with Crippen molar-refractivity contribution in [1.82, 2.24) is 9.38 Å². The second-order valence-corrected chi connectivity index (χ2v) is 8.47. The maximum Gasteiger partial charge on any atom is 0.258 e. The van der Waals surface area contributed by atoms with Crippen LogP contribution in [0, 0.1) is 6.92 Å². The molecular weight excluding hydrogens is 410 g/mol. The zero-order valence-corrected chi connectivity index (χ0v) is 18.2. The van der Waals surface area contributed by atoms with E-state index in [9.17, 15) is 9.59 Å². The molecule has 158 valence electrons. The Hall–Kier alpha value is -3.45. The highest BCUT2D eigenvalue weighted by molar-refractivity contribution is 7.16. The van der Waals surface area contributed by atoms with Gasteiger partial charge in [0.2, 0.25) is 5.91 Å². The molecule has 0 radical (unpaired) electrons. The summed E-state index contributed by atoms with van der Waals surface area (Å²) in [4.78, 5) is 31.1. The minimum Gasteiger partial charge on any atom is -0.487 e. The standard InChI is InChI=1S/C24H23N3O3S/c1-3-21(17-7-5-4-6-8-17)23(29)25-18-9-11-20(12-10-18)30-15-19-13-22(28)27-14-16(2)31-24(27)26-19/h4-14,21H,3,15H2,1-2H3,(H,25,29). The molecule has 7 heteroatoms. The summed E-state index contributed by atoms with van der Waals surface area (Å²) in [7, 11) is 0. The molecule has 4 rings (SSSR count). The Balaban J connectivity index is 1.39. The lowest BCUT2D eigenvalue weighted by Gasteiger charge is -2.15. The summed E-state index contributed by atoms with van der Waals surface area (Å²) in [5.74, 6) is 0.405. The molecule has 4 aromatic rings. The van der Waals surface area contributed by atoms with Gasteiger partial charge in [0.1, 0.15) is 12.4 Å². The number of aryl methyl sites for hydroxylation is 1. The average molecular weight is 434 g/mol. The van der Waals surface area contributed by atoms with Crippen molar-refractivity contribution in [2.45, 2.75) is 32.8 Å². The number of carbonyl (C=O) groups excluding carboxylic acids is 1. The monoisotopic (exact) mass is 433 g/mol. The average Bonchev–Trinajstić information content (AvgIpc) is 3.15. The van der Waals surface area contributed by atoms with E-state index in [1.807, 2.05) is 44.2 Å². The quantitative estimate of drug-likeness (QED) is 0.455. The van der Waals surface area contributed by atoms with Crippen molar-refractivity contribution in [2.24, 2.45) is 0 Å². The summed E-state index contributed by atoms with van der Waals surface area (Å²) in [5, 5.41) is 2.97. The fourth-order valence-electron chi connectivity index (χ4n) is 3.41. The van der Waals surface area contributed by atoms with E-state index in [0.717, 1.165) is 16.9 Å². The van der Waals surface area contributed by atoms with Gasteiger partial charge in [-0.3, -0.25) is 14.0 Å². The molecule has 1 amide bonds. The summed E-state index contributed by atoms with van der Waals surface area (Å²) in [6, 6.07) is 18.5. The third kappa shape index (κ3) is 4.83. The number of thiazole rings is 1. The van der Waals surface area contributed by atoms with Crippen molar-refractivity contribution >= 4 is 27.9 Å². The van der Waals surface area contributed by atoms with Gasteiger partial charge in [-0.25, -0.2) is 4.98 Å². The number of nitrogens with one attached hydrogen (secondary N) is 1. The maximum absolute atomic E-state index is 12.7. The lowest BCUT2D eigenvalue weighted by Crippen LogP contribution is -2.20. The Bertz CT molecular complexity index is 1250. The van der Waals surface area contributed by atoms with E-state index in [-0.39, 0.29) is 24.0 Å². The first-order valence-electron chi connectivity index (χ1n) is 10.1. The van der Waals surface area contributed by atoms with E-state index in [1.54, 1.807) is 34.9 Å². The molecule has 31 heavy (non-hydrogen) atoms. The number of ether oxygens (including phenoxy) is 1. The smallest absolute Gasteiger partial charge is 0.258 e. The van der Waals surface area contributed by atoms with Crippen LogP contribution in [0.25, 0.3) is 4.96 Å². The molecule has 2 heterocycles. The Kier molecular flexibility index (Phi) is 6.13. The number of nitrogens with zero attached hydrogens (tertiary/aromatic N) is 2. The van der Waals surface area contributed by atoms with Crippen molar-refractivity contribution in [1.29, 1.82) is 0 Å². The molecule has 0 aliphatic heterocycles.